The molecule has 3 rings (SSSR count). The lowest BCUT2D eigenvalue weighted by molar-refractivity contribution is -0.121. The van der Waals surface area contributed by atoms with E-state index in [1.807, 2.05) is 6.07 Å². The zero-order chi connectivity index (χ0) is 18.8. The summed E-state index contributed by atoms with van der Waals surface area (Å²) in [7, 11) is -3.53. The summed E-state index contributed by atoms with van der Waals surface area (Å²) in [4.78, 5) is 15.0. The molecule has 27 heavy (non-hydrogen) atoms. The molecule has 0 spiro atoms. The van der Waals surface area contributed by atoms with E-state index in [2.05, 4.69) is 4.72 Å². The van der Waals surface area contributed by atoms with Crippen LogP contribution in [-0.2, 0) is 21.2 Å². The Morgan fingerprint density at radius 2 is 1.96 bits per heavy atom. The van der Waals surface area contributed by atoms with Crippen LogP contribution in [0.3, 0.4) is 0 Å². The van der Waals surface area contributed by atoms with Gasteiger partial charge in [-0.25, -0.2) is 13.1 Å². The molecule has 0 aromatic heterocycles. The van der Waals surface area contributed by atoms with E-state index in [4.69, 9.17) is 5.73 Å². The maximum absolute atomic E-state index is 13.0. The highest BCUT2D eigenvalue weighted by Gasteiger charge is 2.36. The van der Waals surface area contributed by atoms with E-state index >= 15 is 0 Å². The van der Waals surface area contributed by atoms with Crippen LogP contribution in [-0.4, -0.2) is 34.0 Å². The summed E-state index contributed by atoms with van der Waals surface area (Å²) in [5.41, 5.74) is 7.70. The normalized spacial score (nSPS) is 18.7. The van der Waals surface area contributed by atoms with E-state index in [9.17, 15) is 13.2 Å². The molecule has 0 unspecified atom stereocenters. The zero-order valence-corrected chi connectivity index (χ0v) is 17.5. The van der Waals surface area contributed by atoms with Gasteiger partial charge >= 0.3 is 0 Å². The number of fused-ring (bicyclic) bond motifs is 1. The fourth-order valence-corrected chi connectivity index (χ4v) is 5.29. The summed E-state index contributed by atoms with van der Waals surface area (Å²) >= 11 is 0. The Bertz CT molecular complexity index is 776. The highest BCUT2D eigenvalue weighted by Crippen LogP contribution is 2.40. The Balaban J connectivity index is 0.00000261. The van der Waals surface area contributed by atoms with Gasteiger partial charge < -0.3 is 10.6 Å². The maximum Gasteiger partial charge on any atom is 0.240 e. The van der Waals surface area contributed by atoms with Crippen molar-refractivity contribution in [3.63, 3.8) is 0 Å². The van der Waals surface area contributed by atoms with Crippen LogP contribution < -0.4 is 15.4 Å². The SMILES string of the molecule is CCNS(=O)(=O)c1ccc2c(c1)N(C(=O)CC1(CN)CCCCC1)CC2.Cl. The van der Waals surface area contributed by atoms with Gasteiger partial charge in [-0.3, -0.25) is 4.79 Å². The molecule has 0 radical (unpaired) electrons. The van der Waals surface area contributed by atoms with E-state index < -0.39 is 10.0 Å². The maximum atomic E-state index is 13.0. The Morgan fingerprint density at radius 1 is 1.26 bits per heavy atom. The van der Waals surface area contributed by atoms with E-state index in [0.29, 0.717) is 26.1 Å². The minimum Gasteiger partial charge on any atom is -0.330 e. The number of nitrogens with zero attached hydrogens (tertiary/aromatic N) is 1. The number of nitrogens with one attached hydrogen (secondary N) is 1. The molecule has 6 nitrogen and oxygen atoms in total. The Labute approximate surface area is 168 Å². The van der Waals surface area contributed by atoms with Gasteiger partial charge in [0.05, 0.1) is 4.90 Å². The summed E-state index contributed by atoms with van der Waals surface area (Å²) in [6.07, 6.45) is 6.70. The Morgan fingerprint density at radius 3 is 2.59 bits per heavy atom. The van der Waals surface area contributed by atoms with E-state index in [1.165, 1.54) is 6.42 Å². The van der Waals surface area contributed by atoms with Crippen LogP contribution in [0.25, 0.3) is 0 Å². The standard InChI is InChI=1S/C19H29N3O3S.ClH/c1-2-21-26(24,25)16-7-6-15-8-11-22(17(15)12-16)18(23)13-19(14-20)9-4-3-5-10-19;/h6-7,12,21H,2-5,8-11,13-14,20H2,1H3;1H. The van der Waals surface area contributed by atoms with Gasteiger partial charge in [-0.15, -0.1) is 12.4 Å². The molecule has 0 saturated heterocycles. The zero-order valence-electron chi connectivity index (χ0n) is 15.9. The molecule has 0 atom stereocenters. The van der Waals surface area contributed by atoms with Gasteiger partial charge in [0.2, 0.25) is 15.9 Å². The number of sulfonamides is 1. The van der Waals surface area contributed by atoms with Crippen molar-refractivity contribution in [3.8, 4) is 0 Å². The molecular formula is C19H30ClN3O3S. The molecule has 152 valence electrons. The van der Waals surface area contributed by atoms with Gasteiger partial charge in [0.1, 0.15) is 0 Å². The molecular weight excluding hydrogens is 386 g/mol. The van der Waals surface area contributed by atoms with Crippen molar-refractivity contribution < 1.29 is 13.2 Å². The topological polar surface area (TPSA) is 92.5 Å². The van der Waals surface area contributed by atoms with E-state index in [1.54, 1.807) is 24.0 Å². The van der Waals surface area contributed by atoms with Crippen molar-refractivity contribution in [1.29, 1.82) is 0 Å². The molecule has 1 fully saturated rings. The third-order valence-electron chi connectivity index (χ3n) is 5.77. The summed E-state index contributed by atoms with van der Waals surface area (Å²) in [5, 5.41) is 0. The van der Waals surface area contributed by atoms with Crippen molar-refractivity contribution in [2.45, 2.75) is 56.8 Å². The fourth-order valence-electron chi connectivity index (χ4n) is 4.23. The fraction of sp³-hybridized carbons (Fsp3) is 0.632. The van der Waals surface area contributed by atoms with Crippen molar-refractivity contribution in [2.75, 3.05) is 24.5 Å². The quantitative estimate of drug-likeness (QED) is 0.746. The average Bonchev–Trinajstić information content (AvgIpc) is 3.06. The van der Waals surface area contributed by atoms with Gasteiger partial charge in [-0.1, -0.05) is 32.3 Å². The molecule has 0 bridgehead atoms. The number of benzene rings is 1. The number of carbonyl (C=O) groups excluding carboxylic acids is 1. The molecule has 1 saturated carbocycles. The van der Waals surface area contributed by atoms with Crippen molar-refractivity contribution in [3.05, 3.63) is 23.8 Å². The van der Waals surface area contributed by atoms with Gasteiger partial charge in [0, 0.05) is 25.2 Å². The summed E-state index contributed by atoms with van der Waals surface area (Å²) in [6.45, 7) is 3.23. The first-order valence-corrected chi connectivity index (χ1v) is 11.0. The number of anilines is 1. The van der Waals surface area contributed by atoms with Gasteiger partial charge in [-0.2, -0.15) is 0 Å². The van der Waals surface area contributed by atoms with Gasteiger partial charge in [0.25, 0.3) is 0 Å². The van der Waals surface area contributed by atoms with Crippen LogP contribution in [0.1, 0.15) is 51.0 Å². The first-order chi connectivity index (χ1) is 12.4. The molecule has 1 aromatic carbocycles. The van der Waals surface area contributed by atoms with Crippen LogP contribution in [0, 0.1) is 5.41 Å². The molecule has 1 aliphatic carbocycles. The number of rotatable bonds is 6. The van der Waals surface area contributed by atoms with Crippen molar-refractivity contribution in [2.24, 2.45) is 11.1 Å². The second kappa shape index (κ2) is 8.90. The predicted molar refractivity (Wildman–Crippen MR) is 110 cm³/mol. The third-order valence-corrected chi connectivity index (χ3v) is 7.31. The monoisotopic (exact) mass is 415 g/mol. The smallest absolute Gasteiger partial charge is 0.240 e. The summed E-state index contributed by atoms with van der Waals surface area (Å²) < 4.78 is 27.1. The highest BCUT2D eigenvalue weighted by molar-refractivity contribution is 7.89. The number of halogens is 1. The highest BCUT2D eigenvalue weighted by atomic mass is 35.5. The lowest BCUT2D eigenvalue weighted by Crippen LogP contribution is -2.40. The number of nitrogens with two attached hydrogens (primary N) is 1. The molecule has 1 amide bonds. The molecule has 8 heteroatoms. The van der Waals surface area contributed by atoms with Crippen LogP contribution in [0.15, 0.2) is 23.1 Å². The lowest BCUT2D eigenvalue weighted by Gasteiger charge is -2.36. The average molecular weight is 416 g/mol. The molecule has 1 heterocycles. The van der Waals surface area contributed by atoms with Crippen molar-refractivity contribution in [1.82, 2.24) is 4.72 Å². The Hall–Kier alpha value is -1.15. The number of hydrogen-bond acceptors (Lipinski definition) is 4. The van der Waals surface area contributed by atoms with Crippen LogP contribution in [0.4, 0.5) is 5.69 Å². The minimum atomic E-state index is -3.53. The first kappa shape index (κ1) is 22.1. The van der Waals surface area contributed by atoms with Crippen LogP contribution >= 0.6 is 12.4 Å². The molecule has 1 aromatic rings. The molecule has 3 N–H and O–H groups in total. The first-order valence-electron chi connectivity index (χ1n) is 9.54. The van der Waals surface area contributed by atoms with Crippen LogP contribution in [0.2, 0.25) is 0 Å². The van der Waals surface area contributed by atoms with Crippen LogP contribution in [0.5, 0.6) is 0 Å². The lowest BCUT2D eigenvalue weighted by atomic mass is 9.71. The van der Waals surface area contributed by atoms with Gasteiger partial charge in [0.15, 0.2) is 0 Å². The largest absolute Gasteiger partial charge is 0.330 e. The second-order valence-corrected chi connectivity index (χ2v) is 9.30. The Kier molecular flexibility index (Phi) is 7.30. The molecule has 2 aliphatic rings. The third kappa shape index (κ3) is 4.65. The molecule has 1 aliphatic heterocycles. The van der Waals surface area contributed by atoms with Gasteiger partial charge in [-0.05, 0) is 48.9 Å². The number of amides is 1. The summed E-state index contributed by atoms with van der Waals surface area (Å²) in [5.74, 6) is 0.0640. The predicted octanol–water partition coefficient (Wildman–Crippen LogP) is 2.60. The number of carbonyl (C=O) groups is 1. The van der Waals surface area contributed by atoms with Crippen molar-refractivity contribution >= 4 is 34.0 Å². The van der Waals surface area contributed by atoms with E-state index in [0.717, 1.165) is 43.4 Å². The summed E-state index contributed by atoms with van der Waals surface area (Å²) in [6, 6.07) is 5.08. The van der Waals surface area contributed by atoms with E-state index in [-0.39, 0.29) is 28.6 Å². The second-order valence-electron chi connectivity index (χ2n) is 7.53. The number of hydrogen-bond donors (Lipinski definition) is 2. The minimum absolute atomic E-state index is 0.